The second-order valence-corrected chi connectivity index (χ2v) is 5.85. The number of thiazole rings is 1. The van der Waals surface area contributed by atoms with Crippen LogP contribution in [-0.2, 0) is 6.61 Å². The predicted octanol–water partition coefficient (Wildman–Crippen LogP) is 4.37. The van der Waals surface area contributed by atoms with Crippen LogP contribution in [0.4, 0.5) is 0 Å². The van der Waals surface area contributed by atoms with E-state index in [-0.39, 0.29) is 5.92 Å². The van der Waals surface area contributed by atoms with Gasteiger partial charge in [-0.1, -0.05) is 25.4 Å². The number of benzene rings is 1. The Balaban J connectivity index is 2.08. The van der Waals surface area contributed by atoms with Crippen LogP contribution in [0.2, 0.25) is 5.02 Å². The normalized spacial score (nSPS) is 10.5. The number of nitriles is 1. The summed E-state index contributed by atoms with van der Waals surface area (Å²) in [4.78, 5) is 5.13. The first-order valence-electron chi connectivity index (χ1n) is 5.88. The second-order valence-electron chi connectivity index (χ2n) is 4.33. The van der Waals surface area contributed by atoms with Crippen molar-refractivity contribution in [2.24, 2.45) is 0 Å². The average Bonchev–Trinajstić information content (AvgIpc) is 2.81. The van der Waals surface area contributed by atoms with Gasteiger partial charge in [0.2, 0.25) is 0 Å². The van der Waals surface area contributed by atoms with Crippen LogP contribution in [0.3, 0.4) is 0 Å². The van der Waals surface area contributed by atoms with Crippen molar-refractivity contribution in [1.29, 1.82) is 5.26 Å². The van der Waals surface area contributed by atoms with Gasteiger partial charge in [0.1, 0.15) is 28.3 Å². The van der Waals surface area contributed by atoms with Gasteiger partial charge in [0, 0.05) is 5.02 Å². The predicted molar refractivity (Wildman–Crippen MR) is 76.7 cm³/mol. The van der Waals surface area contributed by atoms with Gasteiger partial charge >= 0.3 is 0 Å². The lowest BCUT2D eigenvalue weighted by Gasteiger charge is -2.03. The number of aromatic nitrogens is 1. The van der Waals surface area contributed by atoms with Gasteiger partial charge in [-0.2, -0.15) is 5.26 Å². The Bertz CT molecular complexity index is 599. The summed E-state index contributed by atoms with van der Waals surface area (Å²) < 4.78 is 5.62. The molecule has 0 spiro atoms. The molecule has 0 aliphatic heterocycles. The van der Waals surface area contributed by atoms with Gasteiger partial charge in [0.05, 0.1) is 5.69 Å². The Kier molecular flexibility index (Phi) is 4.41. The number of halogens is 1. The molecule has 0 fully saturated rings. The number of ether oxygens (including phenoxy) is 1. The number of rotatable bonds is 4. The highest BCUT2D eigenvalue weighted by molar-refractivity contribution is 7.12. The lowest BCUT2D eigenvalue weighted by molar-refractivity contribution is 0.305. The zero-order chi connectivity index (χ0) is 13.8. The van der Waals surface area contributed by atoms with Crippen LogP contribution in [-0.4, -0.2) is 4.98 Å². The standard InChI is InChI=1S/C14H13ClN2OS/c1-9(2)14-12(7-16)19-13(17-14)8-18-11-5-3-10(15)4-6-11/h3-6,9H,8H2,1-2H3. The molecule has 0 aliphatic rings. The molecule has 0 unspecified atom stereocenters. The molecule has 0 aliphatic carbocycles. The minimum Gasteiger partial charge on any atom is -0.486 e. The van der Waals surface area contributed by atoms with E-state index < -0.39 is 0 Å². The smallest absolute Gasteiger partial charge is 0.140 e. The molecular formula is C14H13ClN2OS. The van der Waals surface area contributed by atoms with Gasteiger partial charge in [0.25, 0.3) is 0 Å². The van der Waals surface area contributed by atoms with Gasteiger partial charge in [-0.25, -0.2) is 4.98 Å². The molecule has 3 nitrogen and oxygen atoms in total. The summed E-state index contributed by atoms with van der Waals surface area (Å²) in [7, 11) is 0. The van der Waals surface area contributed by atoms with Gasteiger partial charge < -0.3 is 4.74 Å². The summed E-state index contributed by atoms with van der Waals surface area (Å²) in [5, 5.41) is 10.6. The lowest BCUT2D eigenvalue weighted by Crippen LogP contribution is -1.96. The zero-order valence-corrected chi connectivity index (χ0v) is 12.3. The molecule has 0 radical (unpaired) electrons. The molecule has 0 amide bonds. The maximum absolute atomic E-state index is 9.06. The average molecular weight is 293 g/mol. The summed E-state index contributed by atoms with van der Waals surface area (Å²) >= 11 is 7.19. The van der Waals surface area contributed by atoms with Crippen molar-refractivity contribution < 1.29 is 4.74 Å². The van der Waals surface area contributed by atoms with E-state index in [1.54, 1.807) is 12.1 Å². The highest BCUT2D eigenvalue weighted by Crippen LogP contribution is 2.25. The fraction of sp³-hybridized carbons (Fsp3) is 0.286. The molecule has 98 valence electrons. The molecule has 0 N–H and O–H groups in total. The molecule has 0 bridgehead atoms. The van der Waals surface area contributed by atoms with E-state index in [0.717, 1.165) is 16.5 Å². The van der Waals surface area contributed by atoms with Gasteiger partial charge in [-0.3, -0.25) is 0 Å². The van der Waals surface area contributed by atoms with Crippen molar-refractivity contribution in [3.63, 3.8) is 0 Å². The number of hydrogen-bond acceptors (Lipinski definition) is 4. The second kappa shape index (κ2) is 6.05. The van der Waals surface area contributed by atoms with Crippen LogP contribution in [0.25, 0.3) is 0 Å². The van der Waals surface area contributed by atoms with Crippen LogP contribution in [0.5, 0.6) is 5.75 Å². The Hall–Kier alpha value is -1.57. The monoisotopic (exact) mass is 292 g/mol. The van der Waals surface area contributed by atoms with E-state index in [0.29, 0.717) is 16.5 Å². The maximum Gasteiger partial charge on any atom is 0.140 e. The first kappa shape index (κ1) is 13.9. The Morgan fingerprint density at radius 3 is 2.58 bits per heavy atom. The minimum atomic E-state index is 0.246. The van der Waals surface area contributed by atoms with Crippen LogP contribution < -0.4 is 4.74 Å². The SMILES string of the molecule is CC(C)c1nc(COc2ccc(Cl)cc2)sc1C#N. The fourth-order valence-electron chi connectivity index (χ4n) is 1.59. The van der Waals surface area contributed by atoms with Crippen molar-refractivity contribution in [1.82, 2.24) is 4.98 Å². The van der Waals surface area contributed by atoms with E-state index >= 15 is 0 Å². The van der Waals surface area contributed by atoms with Crippen LogP contribution in [0, 0.1) is 11.3 Å². The van der Waals surface area contributed by atoms with E-state index in [1.807, 2.05) is 26.0 Å². The van der Waals surface area contributed by atoms with E-state index in [9.17, 15) is 0 Å². The summed E-state index contributed by atoms with van der Waals surface area (Å²) in [5.74, 6) is 0.986. The first-order chi connectivity index (χ1) is 9.10. The highest BCUT2D eigenvalue weighted by atomic mass is 35.5. The van der Waals surface area contributed by atoms with Crippen LogP contribution in [0.15, 0.2) is 24.3 Å². The Morgan fingerprint density at radius 1 is 1.37 bits per heavy atom. The topological polar surface area (TPSA) is 45.9 Å². The summed E-state index contributed by atoms with van der Waals surface area (Å²) in [5.41, 5.74) is 0.849. The number of nitrogens with zero attached hydrogens (tertiary/aromatic N) is 2. The maximum atomic E-state index is 9.06. The largest absolute Gasteiger partial charge is 0.486 e. The number of hydrogen-bond donors (Lipinski definition) is 0. The Labute approximate surface area is 121 Å². The third-order valence-corrected chi connectivity index (χ3v) is 3.72. The quantitative estimate of drug-likeness (QED) is 0.840. The highest BCUT2D eigenvalue weighted by Gasteiger charge is 2.14. The van der Waals surface area contributed by atoms with Gasteiger partial charge in [-0.05, 0) is 30.2 Å². The molecule has 0 atom stereocenters. The van der Waals surface area contributed by atoms with E-state index in [1.165, 1.54) is 11.3 Å². The summed E-state index contributed by atoms with van der Waals surface area (Å²) in [6.45, 7) is 4.42. The molecule has 0 saturated heterocycles. The molecule has 5 heteroatoms. The molecule has 2 aromatic rings. The molecule has 0 saturated carbocycles. The van der Waals surface area contributed by atoms with Crippen LogP contribution in [0.1, 0.15) is 35.3 Å². The van der Waals surface area contributed by atoms with E-state index in [4.69, 9.17) is 21.6 Å². The summed E-state index contributed by atoms with van der Waals surface area (Å²) in [6.07, 6.45) is 0. The first-order valence-corrected chi connectivity index (χ1v) is 7.07. The van der Waals surface area contributed by atoms with Crippen molar-refractivity contribution in [3.05, 3.63) is 44.9 Å². The van der Waals surface area contributed by atoms with Crippen molar-refractivity contribution in [2.45, 2.75) is 26.4 Å². The lowest BCUT2D eigenvalue weighted by atomic mass is 10.1. The Morgan fingerprint density at radius 2 is 2.05 bits per heavy atom. The molecule has 1 aromatic carbocycles. The fourth-order valence-corrected chi connectivity index (χ4v) is 2.64. The summed E-state index contributed by atoms with van der Waals surface area (Å²) in [6, 6.07) is 9.36. The third-order valence-electron chi connectivity index (χ3n) is 2.52. The molecular weight excluding hydrogens is 280 g/mol. The minimum absolute atomic E-state index is 0.246. The van der Waals surface area contributed by atoms with E-state index in [2.05, 4.69) is 11.1 Å². The molecule has 2 rings (SSSR count). The molecule has 19 heavy (non-hydrogen) atoms. The van der Waals surface area contributed by atoms with Crippen LogP contribution >= 0.6 is 22.9 Å². The molecule has 1 aromatic heterocycles. The van der Waals surface area contributed by atoms with Gasteiger partial charge in [-0.15, -0.1) is 11.3 Å². The molecule has 1 heterocycles. The van der Waals surface area contributed by atoms with Crippen molar-refractivity contribution >= 4 is 22.9 Å². The zero-order valence-electron chi connectivity index (χ0n) is 10.7. The third kappa shape index (κ3) is 3.46. The van der Waals surface area contributed by atoms with Crippen molar-refractivity contribution in [3.8, 4) is 11.8 Å². The van der Waals surface area contributed by atoms with Gasteiger partial charge in [0.15, 0.2) is 0 Å². The van der Waals surface area contributed by atoms with Crippen molar-refractivity contribution in [2.75, 3.05) is 0 Å².